The van der Waals surface area contributed by atoms with Gasteiger partial charge in [0.2, 0.25) is 0 Å². The lowest BCUT2D eigenvalue weighted by Crippen LogP contribution is -2.46. The summed E-state index contributed by atoms with van der Waals surface area (Å²) in [7, 11) is 0. The SMILES string of the molecule is CCC(C)(C)C(F)(F)CNC(=O)c1cccnc1. The zero-order valence-corrected chi connectivity index (χ0v) is 10.8. The highest BCUT2D eigenvalue weighted by Crippen LogP contribution is 2.38. The molecular formula is C13H18F2N2O. The largest absolute Gasteiger partial charge is 0.346 e. The van der Waals surface area contributed by atoms with Crippen LogP contribution in [0.3, 0.4) is 0 Å². The molecule has 1 aromatic rings. The number of pyridine rings is 1. The zero-order valence-electron chi connectivity index (χ0n) is 10.8. The van der Waals surface area contributed by atoms with E-state index in [4.69, 9.17) is 0 Å². The Morgan fingerprint density at radius 3 is 2.61 bits per heavy atom. The summed E-state index contributed by atoms with van der Waals surface area (Å²) < 4.78 is 27.7. The van der Waals surface area contributed by atoms with Crippen LogP contribution in [0.2, 0.25) is 0 Å². The summed E-state index contributed by atoms with van der Waals surface area (Å²) in [5.41, 5.74) is -0.863. The number of carbonyl (C=O) groups is 1. The van der Waals surface area contributed by atoms with Crippen LogP contribution in [-0.4, -0.2) is 23.4 Å². The van der Waals surface area contributed by atoms with Crippen LogP contribution in [0.5, 0.6) is 0 Å². The summed E-state index contributed by atoms with van der Waals surface area (Å²) >= 11 is 0. The van der Waals surface area contributed by atoms with Crippen LogP contribution in [0.1, 0.15) is 37.6 Å². The molecule has 100 valence electrons. The lowest BCUT2D eigenvalue weighted by molar-refractivity contribution is -0.102. The van der Waals surface area contributed by atoms with Gasteiger partial charge in [0, 0.05) is 17.8 Å². The first kappa shape index (κ1) is 14.5. The first-order chi connectivity index (χ1) is 8.30. The Morgan fingerprint density at radius 1 is 1.44 bits per heavy atom. The molecule has 1 N–H and O–H groups in total. The van der Waals surface area contributed by atoms with Crippen LogP contribution in [0, 0.1) is 5.41 Å². The number of alkyl halides is 2. The topological polar surface area (TPSA) is 42.0 Å². The van der Waals surface area contributed by atoms with E-state index >= 15 is 0 Å². The standard InChI is InChI=1S/C13H18F2N2O/c1-4-12(2,3)13(14,15)9-17-11(18)10-6-5-7-16-8-10/h5-8H,4,9H2,1-3H3,(H,17,18). The van der Waals surface area contributed by atoms with E-state index in [1.54, 1.807) is 13.0 Å². The smallest absolute Gasteiger partial charge is 0.270 e. The monoisotopic (exact) mass is 256 g/mol. The van der Waals surface area contributed by atoms with Gasteiger partial charge in [-0.2, -0.15) is 0 Å². The molecule has 0 aliphatic carbocycles. The Balaban J connectivity index is 2.64. The molecule has 0 bridgehead atoms. The maximum atomic E-state index is 13.8. The van der Waals surface area contributed by atoms with Crippen LogP contribution < -0.4 is 5.32 Å². The second-order valence-corrected chi connectivity index (χ2v) is 4.87. The minimum atomic E-state index is -2.94. The molecule has 0 aliphatic rings. The van der Waals surface area contributed by atoms with Crippen molar-refractivity contribution in [3.8, 4) is 0 Å². The molecule has 0 aromatic carbocycles. The fourth-order valence-corrected chi connectivity index (χ4v) is 1.29. The molecule has 0 saturated carbocycles. The minimum absolute atomic E-state index is 0.280. The molecule has 1 heterocycles. The Morgan fingerprint density at radius 2 is 2.11 bits per heavy atom. The van der Waals surface area contributed by atoms with Gasteiger partial charge in [-0.3, -0.25) is 9.78 Å². The molecule has 0 radical (unpaired) electrons. The van der Waals surface area contributed by atoms with Crippen LogP contribution >= 0.6 is 0 Å². The van der Waals surface area contributed by atoms with Crippen molar-refractivity contribution in [2.75, 3.05) is 6.54 Å². The number of aromatic nitrogens is 1. The van der Waals surface area contributed by atoms with Crippen LogP contribution in [0.4, 0.5) is 8.78 Å². The molecule has 3 nitrogen and oxygen atoms in total. The first-order valence-electron chi connectivity index (χ1n) is 5.86. The Kier molecular flexibility index (Phi) is 4.38. The van der Waals surface area contributed by atoms with Crippen molar-refractivity contribution in [2.45, 2.75) is 33.1 Å². The zero-order chi connectivity index (χ0) is 13.8. The van der Waals surface area contributed by atoms with E-state index in [0.29, 0.717) is 6.42 Å². The summed E-state index contributed by atoms with van der Waals surface area (Å²) in [5.74, 6) is -3.48. The van der Waals surface area contributed by atoms with E-state index in [1.807, 2.05) is 0 Å². The molecule has 18 heavy (non-hydrogen) atoms. The number of amides is 1. The molecule has 1 rings (SSSR count). The van der Waals surface area contributed by atoms with Crippen molar-refractivity contribution < 1.29 is 13.6 Å². The van der Waals surface area contributed by atoms with Gasteiger partial charge in [0.1, 0.15) is 0 Å². The predicted octanol–water partition coefficient (Wildman–Crippen LogP) is 2.88. The van der Waals surface area contributed by atoms with E-state index < -0.39 is 23.8 Å². The number of carbonyl (C=O) groups excluding carboxylic acids is 1. The third-order valence-corrected chi connectivity index (χ3v) is 3.27. The number of hydrogen-bond donors (Lipinski definition) is 1. The van der Waals surface area contributed by atoms with E-state index in [-0.39, 0.29) is 5.56 Å². The predicted molar refractivity (Wildman–Crippen MR) is 65.6 cm³/mol. The number of hydrogen-bond acceptors (Lipinski definition) is 2. The van der Waals surface area contributed by atoms with Crippen molar-refractivity contribution >= 4 is 5.91 Å². The number of nitrogens with one attached hydrogen (secondary N) is 1. The lowest BCUT2D eigenvalue weighted by Gasteiger charge is -2.33. The van der Waals surface area contributed by atoms with E-state index in [9.17, 15) is 13.6 Å². The Labute approximate surface area is 106 Å². The molecule has 0 saturated heterocycles. The molecule has 1 amide bonds. The van der Waals surface area contributed by atoms with Gasteiger partial charge >= 0.3 is 0 Å². The highest BCUT2D eigenvalue weighted by Gasteiger charge is 2.45. The number of rotatable bonds is 5. The summed E-state index contributed by atoms with van der Waals surface area (Å²) in [6.45, 7) is 4.02. The molecule has 5 heteroatoms. The molecule has 0 aliphatic heterocycles. The quantitative estimate of drug-likeness (QED) is 0.880. The number of nitrogens with zero attached hydrogens (tertiary/aromatic N) is 1. The van der Waals surface area contributed by atoms with Gasteiger partial charge in [-0.25, -0.2) is 8.78 Å². The number of halogens is 2. The summed E-state index contributed by atoms with van der Waals surface area (Å²) in [6.07, 6.45) is 3.20. The van der Waals surface area contributed by atoms with Crippen LogP contribution in [0.15, 0.2) is 24.5 Å². The van der Waals surface area contributed by atoms with Gasteiger partial charge in [0.25, 0.3) is 11.8 Å². The van der Waals surface area contributed by atoms with E-state index in [2.05, 4.69) is 10.3 Å². The minimum Gasteiger partial charge on any atom is -0.346 e. The second-order valence-electron chi connectivity index (χ2n) is 4.87. The van der Waals surface area contributed by atoms with Crippen LogP contribution in [-0.2, 0) is 0 Å². The maximum absolute atomic E-state index is 13.8. The molecule has 0 unspecified atom stereocenters. The van der Waals surface area contributed by atoms with Crippen molar-refractivity contribution in [3.05, 3.63) is 30.1 Å². The van der Waals surface area contributed by atoms with Gasteiger partial charge < -0.3 is 5.32 Å². The average molecular weight is 256 g/mol. The van der Waals surface area contributed by atoms with Gasteiger partial charge in [-0.1, -0.05) is 20.8 Å². The summed E-state index contributed by atoms with van der Waals surface area (Å²) in [5, 5.41) is 2.25. The molecule has 0 fully saturated rings. The molecule has 0 atom stereocenters. The average Bonchev–Trinajstić information content (AvgIpc) is 2.36. The van der Waals surface area contributed by atoms with Crippen molar-refractivity contribution in [1.82, 2.24) is 10.3 Å². The molecular weight excluding hydrogens is 238 g/mol. The van der Waals surface area contributed by atoms with Crippen molar-refractivity contribution in [2.24, 2.45) is 5.41 Å². The summed E-state index contributed by atoms with van der Waals surface area (Å²) in [6, 6.07) is 3.12. The fourth-order valence-electron chi connectivity index (χ4n) is 1.29. The van der Waals surface area contributed by atoms with Gasteiger partial charge in [-0.05, 0) is 18.6 Å². The molecule has 1 aromatic heterocycles. The maximum Gasteiger partial charge on any atom is 0.270 e. The second kappa shape index (κ2) is 5.42. The highest BCUT2D eigenvalue weighted by molar-refractivity contribution is 5.93. The van der Waals surface area contributed by atoms with Gasteiger partial charge in [0.15, 0.2) is 0 Å². The van der Waals surface area contributed by atoms with E-state index in [1.165, 1.54) is 32.3 Å². The third-order valence-electron chi connectivity index (χ3n) is 3.27. The van der Waals surface area contributed by atoms with E-state index in [0.717, 1.165) is 0 Å². The van der Waals surface area contributed by atoms with Crippen LogP contribution in [0.25, 0.3) is 0 Å². The van der Waals surface area contributed by atoms with Crippen molar-refractivity contribution in [3.63, 3.8) is 0 Å². The Hall–Kier alpha value is -1.52. The first-order valence-corrected chi connectivity index (χ1v) is 5.86. The fraction of sp³-hybridized carbons (Fsp3) is 0.538. The molecule has 0 spiro atoms. The van der Waals surface area contributed by atoms with Gasteiger partial charge in [-0.15, -0.1) is 0 Å². The normalized spacial score (nSPS) is 12.3. The lowest BCUT2D eigenvalue weighted by atomic mass is 9.83. The third kappa shape index (κ3) is 3.24. The van der Waals surface area contributed by atoms with Crippen molar-refractivity contribution in [1.29, 1.82) is 0 Å². The Bertz CT molecular complexity index is 405. The summed E-state index contributed by atoms with van der Waals surface area (Å²) in [4.78, 5) is 15.4. The highest BCUT2D eigenvalue weighted by atomic mass is 19.3. The van der Waals surface area contributed by atoms with Gasteiger partial charge in [0.05, 0.1) is 12.1 Å².